The van der Waals surface area contributed by atoms with Gasteiger partial charge < -0.3 is 20.1 Å². The highest BCUT2D eigenvalue weighted by molar-refractivity contribution is 6.31. The van der Waals surface area contributed by atoms with Crippen molar-refractivity contribution in [3.05, 3.63) is 59.1 Å². The predicted molar refractivity (Wildman–Crippen MR) is 91.2 cm³/mol. The number of carbonyl (C=O) groups is 1. The number of nitrogens with one attached hydrogen (secondary N) is 2. The van der Waals surface area contributed by atoms with E-state index >= 15 is 0 Å². The maximum absolute atomic E-state index is 12.1. The van der Waals surface area contributed by atoms with Gasteiger partial charge in [0.05, 0.1) is 12.8 Å². The number of rotatable bonds is 6. The van der Waals surface area contributed by atoms with Gasteiger partial charge in [-0.05, 0) is 18.2 Å². The zero-order valence-electron chi connectivity index (χ0n) is 13.0. The molecule has 0 saturated carbocycles. The van der Waals surface area contributed by atoms with Gasteiger partial charge in [0.15, 0.2) is 0 Å². The molecule has 0 heterocycles. The van der Waals surface area contributed by atoms with Crippen LogP contribution in [0.4, 0.5) is 10.5 Å². The molecule has 0 aliphatic carbocycles. The summed E-state index contributed by atoms with van der Waals surface area (Å²) < 4.78 is 10.6. The van der Waals surface area contributed by atoms with Crippen LogP contribution in [-0.4, -0.2) is 26.8 Å². The molecule has 0 aromatic heterocycles. The molecule has 5 nitrogen and oxygen atoms in total. The molecule has 0 fully saturated rings. The van der Waals surface area contributed by atoms with E-state index in [4.69, 9.17) is 21.1 Å². The number of urea groups is 1. The summed E-state index contributed by atoms with van der Waals surface area (Å²) in [5, 5.41) is 6.12. The number of carbonyl (C=O) groups excluding carboxylic acids is 1. The lowest BCUT2D eigenvalue weighted by Crippen LogP contribution is -2.33. The van der Waals surface area contributed by atoms with Crippen LogP contribution in [0.25, 0.3) is 0 Å². The molecule has 0 saturated heterocycles. The summed E-state index contributed by atoms with van der Waals surface area (Å²) in [6.45, 7) is 0.293. The SMILES string of the molecule is COc1ccccc1NC(=O)NCC(OC)c1ccccc1Cl. The number of ether oxygens (including phenoxy) is 2. The minimum atomic E-state index is -0.344. The summed E-state index contributed by atoms with van der Waals surface area (Å²) in [6, 6.07) is 14.2. The number of benzene rings is 2. The number of methoxy groups -OCH3 is 2. The van der Waals surface area contributed by atoms with Crippen molar-refractivity contribution >= 4 is 23.3 Å². The maximum atomic E-state index is 12.1. The quantitative estimate of drug-likeness (QED) is 0.843. The molecule has 23 heavy (non-hydrogen) atoms. The molecule has 0 radical (unpaired) electrons. The summed E-state index contributed by atoms with van der Waals surface area (Å²) in [5.41, 5.74) is 1.42. The second-order valence-corrected chi connectivity index (χ2v) is 5.19. The third kappa shape index (κ3) is 4.61. The zero-order chi connectivity index (χ0) is 16.7. The van der Waals surface area contributed by atoms with Crippen LogP contribution in [0.15, 0.2) is 48.5 Å². The topological polar surface area (TPSA) is 59.6 Å². The van der Waals surface area contributed by atoms with E-state index < -0.39 is 0 Å². The lowest BCUT2D eigenvalue weighted by atomic mass is 10.1. The Morgan fingerprint density at radius 1 is 1.13 bits per heavy atom. The Labute approximate surface area is 140 Å². The van der Waals surface area contributed by atoms with E-state index in [9.17, 15) is 4.79 Å². The van der Waals surface area contributed by atoms with Crippen LogP contribution in [0.5, 0.6) is 5.75 Å². The van der Waals surface area contributed by atoms with Crippen LogP contribution in [0.1, 0.15) is 11.7 Å². The van der Waals surface area contributed by atoms with E-state index in [2.05, 4.69) is 10.6 Å². The number of amides is 2. The largest absolute Gasteiger partial charge is 0.495 e. The molecule has 0 aliphatic heterocycles. The normalized spacial score (nSPS) is 11.6. The summed E-state index contributed by atoms with van der Waals surface area (Å²) in [6.07, 6.45) is -0.327. The van der Waals surface area contributed by atoms with E-state index in [0.717, 1.165) is 5.56 Å². The number of hydrogen-bond donors (Lipinski definition) is 2. The Balaban J connectivity index is 1.96. The Bertz CT molecular complexity index is 664. The Morgan fingerprint density at radius 3 is 2.52 bits per heavy atom. The molecule has 0 aliphatic rings. The number of hydrogen-bond acceptors (Lipinski definition) is 3. The van der Waals surface area contributed by atoms with Gasteiger partial charge in [0.2, 0.25) is 0 Å². The van der Waals surface area contributed by atoms with Crippen LogP contribution in [0, 0.1) is 0 Å². The lowest BCUT2D eigenvalue weighted by molar-refractivity contribution is 0.104. The van der Waals surface area contributed by atoms with Crippen LogP contribution >= 0.6 is 11.6 Å². The van der Waals surface area contributed by atoms with Gasteiger partial charge in [0.25, 0.3) is 0 Å². The summed E-state index contributed by atoms with van der Waals surface area (Å²) >= 11 is 6.16. The molecule has 1 atom stereocenters. The average molecular weight is 335 g/mol. The Morgan fingerprint density at radius 2 is 1.83 bits per heavy atom. The molecule has 0 spiro atoms. The molecular formula is C17H19ClN2O3. The first kappa shape index (κ1) is 17.1. The highest BCUT2D eigenvalue weighted by Crippen LogP contribution is 2.25. The molecule has 0 bridgehead atoms. The van der Waals surface area contributed by atoms with Gasteiger partial charge in [-0.25, -0.2) is 4.79 Å². The van der Waals surface area contributed by atoms with Gasteiger partial charge in [-0.1, -0.05) is 41.9 Å². The van der Waals surface area contributed by atoms with Gasteiger partial charge >= 0.3 is 6.03 Å². The van der Waals surface area contributed by atoms with Gasteiger partial charge in [0, 0.05) is 24.2 Å². The fourth-order valence-corrected chi connectivity index (χ4v) is 2.41. The van der Waals surface area contributed by atoms with Crippen molar-refractivity contribution in [3.63, 3.8) is 0 Å². The van der Waals surface area contributed by atoms with Crippen molar-refractivity contribution in [2.45, 2.75) is 6.10 Å². The Kier molecular flexibility index (Phi) is 6.26. The van der Waals surface area contributed by atoms with Crippen LogP contribution in [0.2, 0.25) is 5.02 Å². The molecule has 6 heteroatoms. The zero-order valence-corrected chi connectivity index (χ0v) is 13.8. The number of anilines is 1. The third-order valence-corrected chi connectivity index (χ3v) is 3.68. The van der Waals surface area contributed by atoms with Crippen molar-refractivity contribution in [3.8, 4) is 5.75 Å². The van der Waals surface area contributed by atoms with E-state index in [1.54, 1.807) is 32.4 Å². The van der Waals surface area contributed by atoms with Gasteiger partial charge in [-0.15, -0.1) is 0 Å². The smallest absolute Gasteiger partial charge is 0.319 e. The van der Waals surface area contributed by atoms with Crippen LogP contribution in [0.3, 0.4) is 0 Å². The van der Waals surface area contributed by atoms with Gasteiger partial charge in [-0.2, -0.15) is 0 Å². The van der Waals surface area contributed by atoms with E-state index in [-0.39, 0.29) is 12.1 Å². The summed E-state index contributed by atoms with van der Waals surface area (Å²) in [5.74, 6) is 0.594. The minimum absolute atomic E-state index is 0.293. The van der Waals surface area contributed by atoms with E-state index in [1.165, 1.54) is 0 Å². The molecule has 1 unspecified atom stereocenters. The molecule has 2 rings (SSSR count). The van der Waals surface area contributed by atoms with E-state index in [1.807, 2.05) is 30.3 Å². The molecule has 122 valence electrons. The van der Waals surface area contributed by atoms with Crippen molar-refractivity contribution in [1.29, 1.82) is 0 Å². The molecule has 2 N–H and O–H groups in total. The second-order valence-electron chi connectivity index (χ2n) is 4.78. The fraction of sp³-hybridized carbons (Fsp3) is 0.235. The van der Waals surface area contributed by atoms with E-state index in [0.29, 0.717) is 23.0 Å². The second kappa shape index (κ2) is 8.41. The fourth-order valence-electron chi connectivity index (χ4n) is 2.16. The molecule has 2 amide bonds. The standard InChI is InChI=1S/C17H19ClN2O3/c1-22-15-10-6-5-9-14(15)20-17(21)19-11-16(23-2)12-7-3-4-8-13(12)18/h3-10,16H,11H2,1-2H3,(H2,19,20,21). The minimum Gasteiger partial charge on any atom is -0.495 e. The average Bonchev–Trinajstić information content (AvgIpc) is 2.57. The predicted octanol–water partition coefficient (Wildman–Crippen LogP) is 3.86. The highest BCUT2D eigenvalue weighted by atomic mass is 35.5. The first-order valence-electron chi connectivity index (χ1n) is 7.10. The first-order chi connectivity index (χ1) is 11.2. The van der Waals surface area contributed by atoms with Crippen LogP contribution in [-0.2, 0) is 4.74 Å². The monoisotopic (exact) mass is 334 g/mol. The van der Waals surface area contributed by atoms with Crippen molar-refractivity contribution in [2.75, 3.05) is 26.1 Å². The lowest BCUT2D eigenvalue weighted by Gasteiger charge is -2.18. The third-order valence-electron chi connectivity index (χ3n) is 3.34. The number of halogens is 1. The van der Waals surface area contributed by atoms with Gasteiger partial charge in [0.1, 0.15) is 11.9 Å². The van der Waals surface area contributed by atoms with Crippen LogP contribution < -0.4 is 15.4 Å². The first-order valence-corrected chi connectivity index (χ1v) is 7.48. The van der Waals surface area contributed by atoms with Crippen molar-refractivity contribution in [2.24, 2.45) is 0 Å². The van der Waals surface area contributed by atoms with Crippen molar-refractivity contribution < 1.29 is 14.3 Å². The molecule has 2 aromatic rings. The van der Waals surface area contributed by atoms with Crippen molar-refractivity contribution in [1.82, 2.24) is 5.32 Å². The summed E-state index contributed by atoms with van der Waals surface area (Å²) in [4.78, 5) is 12.1. The highest BCUT2D eigenvalue weighted by Gasteiger charge is 2.15. The summed E-state index contributed by atoms with van der Waals surface area (Å²) in [7, 11) is 3.13. The Hall–Kier alpha value is -2.24. The maximum Gasteiger partial charge on any atom is 0.319 e. The number of para-hydroxylation sites is 2. The van der Waals surface area contributed by atoms with Gasteiger partial charge in [-0.3, -0.25) is 0 Å². The molecular weight excluding hydrogens is 316 g/mol. The molecule has 2 aromatic carbocycles.